The molecule has 0 heteroatoms. The van der Waals surface area contributed by atoms with Crippen LogP contribution in [0.1, 0.15) is 89.0 Å². The zero-order valence-corrected chi connectivity index (χ0v) is 18.1. The molecular weight excluding hydrogens is 276 g/mol. The lowest BCUT2D eigenvalue weighted by Gasteiger charge is -2.18. The van der Waals surface area contributed by atoms with Crippen molar-refractivity contribution in [2.45, 2.75) is 89.0 Å². The zero-order chi connectivity index (χ0) is 19.4. The van der Waals surface area contributed by atoms with E-state index in [1.54, 1.807) is 0 Å². The van der Waals surface area contributed by atoms with Crippen LogP contribution in [0.5, 0.6) is 0 Å². The first kappa shape index (κ1) is 29.7. The van der Waals surface area contributed by atoms with E-state index in [0.717, 1.165) is 18.4 Å². The molecule has 0 nitrogen and oxygen atoms in total. The molecule has 0 heterocycles. The topological polar surface area (TPSA) is 0 Å². The van der Waals surface area contributed by atoms with E-state index in [1.807, 2.05) is 67.5 Å². The van der Waals surface area contributed by atoms with Gasteiger partial charge in [-0.3, -0.25) is 0 Å². The maximum Gasteiger partial charge on any atom is -0.0233 e. The Hall–Kier alpha value is -1.30. The minimum absolute atomic E-state index is 1.12. The number of hydrogen-bond donors (Lipinski definition) is 0. The third-order valence-corrected chi connectivity index (χ3v) is 2.92. The molecule has 136 valence electrons. The first-order valence-corrected chi connectivity index (χ1v) is 9.42. The fourth-order valence-electron chi connectivity index (χ4n) is 1.95. The number of hydrogen-bond acceptors (Lipinski definition) is 0. The lowest BCUT2D eigenvalue weighted by molar-refractivity contribution is 0.897. The summed E-state index contributed by atoms with van der Waals surface area (Å²) in [6.07, 6.45) is 8.39. The Morgan fingerprint density at radius 2 is 1.35 bits per heavy atom. The molecule has 1 rings (SSSR count). The summed E-state index contributed by atoms with van der Waals surface area (Å²) in [5.74, 6) is 0. The van der Waals surface area contributed by atoms with Gasteiger partial charge in [0.2, 0.25) is 0 Å². The highest BCUT2D eigenvalue weighted by molar-refractivity contribution is 5.50. The van der Waals surface area contributed by atoms with E-state index in [-0.39, 0.29) is 0 Å². The first-order valence-electron chi connectivity index (χ1n) is 9.42. The fourth-order valence-corrected chi connectivity index (χ4v) is 1.95. The summed E-state index contributed by atoms with van der Waals surface area (Å²) in [5, 5.41) is 0. The lowest BCUT2D eigenvalue weighted by atomic mass is 9.87. The Morgan fingerprint density at radius 1 is 0.913 bits per heavy atom. The Bertz CT molecular complexity index is 373. The second-order valence-corrected chi connectivity index (χ2v) is 4.22. The molecule has 0 aromatic heterocycles. The molecule has 0 unspecified atom stereocenters. The number of allylic oxidation sites excluding steroid dienone is 8. The minimum atomic E-state index is 1.12. The van der Waals surface area contributed by atoms with Gasteiger partial charge in [-0.15, -0.1) is 0 Å². The molecule has 0 bridgehead atoms. The van der Waals surface area contributed by atoms with Gasteiger partial charge in [-0.05, 0) is 55.9 Å². The summed E-state index contributed by atoms with van der Waals surface area (Å²) in [6.45, 7) is 30.3. The van der Waals surface area contributed by atoms with Crippen LogP contribution in [-0.2, 0) is 0 Å². The van der Waals surface area contributed by atoms with Gasteiger partial charge in [-0.1, -0.05) is 92.3 Å². The van der Waals surface area contributed by atoms with Crippen molar-refractivity contribution in [2.24, 2.45) is 0 Å². The van der Waals surface area contributed by atoms with Crippen LogP contribution in [0.3, 0.4) is 0 Å². The largest absolute Gasteiger partial charge is 0.0991 e. The second kappa shape index (κ2) is 23.0. The molecule has 0 N–H and O–H groups in total. The van der Waals surface area contributed by atoms with E-state index in [9.17, 15) is 0 Å². The van der Waals surface area contributed by atoms with Crippen molar-refractivity contribution in [3.05, 3.63) is 59.3 Å². The van der Waals surface area contributed by atoms with Crippen LogP contribution < -0.4 is 0 Å². The highest BCUT2D eigenvalue weighted by atomic mass is 14.2. The van der Waals surface area contributed by atoms with Crippen LogP contribution in [0.25, 0.3) is 0 Å². The molecule has 0 aromatic rings. The van der Waals surface area contributed by atoms with Gasteiger partial charge in [-0.25, -0.2) is 0 Å². The summed E-state index contributed by atoms with van der Waals surface area (Å²) in [6, 6.07) is 0. The minimum Gasteiger partial charge on any atom is -0.0991 e. The summed E-state index contributed by atoms with van der Waals surface area (Å²) < 4.78 is 0. The van der Waals surface area contributed by atoms with Crippen molar-refractivity contribution in [2.75, 3.05) is 0 Å². The van der Waals surface area contributed by atoms with Gasteiger partial charge in [0, 0.05) is 0 Å². The van der Waals surface area contributed by atoms with Gasteiger partial charge in [0.1, 0.15) is 0 Å². The average Bonchev–Trinajstić information content (AvgIpc) is 2.61. The van der Waals surface area contributed by atoms with E-state index >= 15 is 0 Å². The van der Waals surface area contributed by atoms with Crippen molar-refractivity contribution in [3.8, 4) is 0 Å². The molecule has 0 aromatic carbocycles. The molecule has 0 atom stereocenters. The third kappa shape index (κ3) is 14.0. The molecule has 0 fully saturated rings. The molecule has 0 amide bonds. The van der Waals surface area contributed by atoms with Crippen LogP contribution >= 0.6 is 0 Å². The molecule has 0 saturated carbocycles. The molecule has 0 aliphatic heterocycles. The van der Waals surface area contributed by atoms with Crippen molar-refractivity contribution < 1.29 is 0 Å². The van der Waals surface area contributed by atoms with Crippen LogP contribution in [-0.4, -0.2) is 0 Å². The van der Waals surface area contributed by atoms with Gasteiger partial charge in [0.05, 0.1) is 0 Å². The van der Waals surface area contributed by atoms with Crippen LogP contribution in [0, 0.1) is 0 Å². The maximum absolute atomic E-state index is 4.17. The molecule has 0 spiro atoms. The normalized spacial score (nSPS) is 12.5. The predicted octanol–water partition coefficient (Wildman–Crippen LogP) is 8.84. The van der Waals surface area contributed by atoms with E-state index in [0.29, 0.717) is 0 Å². The summed E-state index contributed by atoms with van der Waals surface area (Å²) in [5.41, 5.74) is 6.61. The van der Waals surface area contributed by atoms with E-state index < -0.39 is 0 Å². The molecule has 1 aliphatic carbocycles. The molecule has 23 heavy (non-hydrogen) atoms. The summed E-state index contributed by atoms with van der Waals surface area (Å²) in [7, 11) is 0. The fraction of sp³-hybridized carbons (Fsp3) is 0.565. The van der Waals surface area contributed by atoms with Crippen molar-refractivity contribution in [1.29, 1.82) is 0 Å². The van der Waals surface area contributed by atoms with E-state index in [2.05, 4.69) is 40.0 Å². The van der Waals surface area contributed by atoms with Crippen LogP contribution in [0.15, 0.2) is 59.3 Å². The van der Waals surface area contributed by atoms with Crippen LogP contribution in [0.4, 0.5) is 0 Å². The smallest absolute Gasteiger partial charge is 0.0233 e. The van der Waals surface area contributed by atoms with Gasteiger partial charge in [0.15, 0.2) is 0 Å². The van der Waals surface area contributed by atoms with Gasteiger partial charge >= 0.3 is 0 Å². The van der Waals surface area contributed by atoms with Gasteiger partial charge < -0.3 is 0 Å². The Balaban J connectivity index is -0.000000196. The SMILES string of the molecule is C=C/C=C(/C)C(=C)C1=C(C)C=C(C)CC1.CC.CC.CC.CC. The zero-order valence-electron chi connectivity index (χ0n) is 18.1. The quantitative estimate of drug-likeness (QED) is 0.455. The van der Waals surface area contributed by atoms with Crippen LogP contribution in [0.2, 0.25) is 0 Å². The van der Waals surface area contributed by atoms with Gasteiger partial charge in [-0.2, -0.15) is 0 Å². The standard InChI is InChI=1S/C15H20.4C2H6/c1-6-7-12(3)14(5)15-9-8-11(2)10-13(15)4;4*1-2/h6-7,10H,1,5,8-9H2,2-4H3;4*1-2H3/b12-7-;;;;. The summed E-state index contributed by atoms with van der Waals surface area (Å²) in [4.78, 5) is 0. The maximum atomic E-state index is 4.17. The van der Waals surface area contributed by atoms with Crippen molar-refractivity contribution >= 4 is 0 Å². The summed E-state index contributed by atoms with van der Waals surface area (Å²) >= 11 is 0. The highest BCUT2D eigenvalue weighted by Crippen LogP contribution is 2.31. The highest BCUT2D eigenvalue weighted by Gasteiger charge is 2.11. The second-order valence-electron chi connectivity index (χ2n) is 4.22. The first-order chi connectivity index (χ1) is 11.1. The monoisotopic (exact) mass is 320 g/mol. The number of rotatable bonds is 3. The lowest BCUT2D eigenvalue weighted by Crippen LogP contribution is -1.99. The Labute approximate surface area is 148 Å². The van der Waals surface area contributed by atoms with E-state index in [4.69, 9.17) is 0 Å². The van der Waals surface area contributed by atoms with Crippen molar-refractivity contribution in [3.63, 3.8) is 0 Å². The van der Waals surface area contributed by atoms with E-state index in [1.165, 1.54) is 22.3 Å². The molecule has 1 aliphatic rings. The Kier molecular flexibility index (Phi) is 29.6. The Morgan fingerprint density at radius 3 is 1.70 bits per heavy atom. The molecular formula is C23H44. The average molecular weight is 321 g/mol. The van der Waals surface area contributed by atoms with Gasteiger partial charge in [0.25, 0.3) is 0 Å². The third-order valence-electron chi connectivity index (χ3n) is 2.92. The molecule has 0 saturated heterocycles. The van der Waals surface area contributed by atoms with Crippen molar-refractivity contribution in [1.82, 2.24) is 0 Å². The molecule has 0 radical (unpaired) electrons. The predicted molar refractivity (Wildman–Crippen MR) is 114 cm³/mol.